The molecule has 0 radical (unpaired) electrons. The van der Waals surface area contributed by atoms with Gasteiger partial charge in [-0.1, -0.05) is 47.7 Å². The number of rotatable bonds is 3. The molecule has 0 saturated carbocycles. The molecule has 0 atom stereocenters. The van der Waals surface area contributed by atoms with E-state index in [9.17, 15) is 14.8 Å². The van der Waals surface area contributed by atoms with E-state index in [1.165, 1.54) is 12.1 Å². The summed E-state index contributed by atoms with van der Waals surface area (Å²) in [6, 6.07) is 19.7. The molecule has 0 aromatic heterocycles. The fourth-order valence-corrected chi connectivity index (χ4v) is 2.85. The number of nitrogens with zero attached hydrogens (tertiary/aromatic N) is 3. The highest BCUT2D eigenvalue weighted by atomic mass is 16.5. The van der Waals surface area contributed by atoms with Crippen LogP contribution in [0.4, 0.5) is 11.4 Å². The normalized spacial score (nSPS) is 12.8. The molecule has 1 aliphatic rings. The number of ketones is 2. The third-order valence-electron chi connectivity index (χ3n) is 4.13. The smallest absolute Gasteiger partial charge is 0.194 e. The first-order valence-electron chi connectivity index (χ1n) is 7.91. The first kappa shape index (κ1) is 15.9. The topological polar surface area (TPSA) is 85.2 Å². The molecule has 0 N–H and O–H groups in total. The van der Waals surface area contributed by atoms with Crippen molar-refractivity contribution in [3.05, 3.63) is 100 Å². The van der Waals surface area contributed by atoms with Crippen LogP contribution < -0.4 is 5.17 Å². The molecule has 0 spiro atoms. The summed E-state index contributed by atoms with van der Waals surface area (Å²) in [6.45, 7) is 0. The summed E-state index contributed by atoms with van der Waals surface area (Å²) < 4.78 is 0. The number of carbonyl (C=O) groups is 2. The number of carbonyl (C=O) groups excluding carboxylic acids is 2. The van der Waals surface area contributed by atoms with Crippen LogP contribution in [-0.2, 0) is 0 Å². The van der Waals surface area contributed by atoms with Crippen molar-refractivity contribution in [2.75, 3.05) is 5.17 Å². The maximum atomic E-state index is 12.7. The molecule has 0 saturated heterocycles. The predicted octanol–water partition coefficient (Wildman–Crippen LogP) is 4.47. The van der Waals surface area contributed by atoms with Gasteiger partial charge in [0.25, 0.3) is 0 Å². The predicted molar refractivity (Wildman–Crippen MR) is 96.6 cm³/mol. The second-order valence-electron chi connectivity index (χ2n) is 5.73. The van der Waals surface area contributed by atoms with Crippen molar-refractivity contribution in [2.45, 2.75) is 0 Å². The van der Waals surface area contributed by atoms with Gasteiger partial charge in [0, 0.05) is 27.9 Å². The van der Waals surface area contributed by atoms with Gasteiger partial charge < -0.3 is 10.4 Å². The van der Waals surface area contributed by atoms with Gasteiger partial charge in [0.05, 0.1) is 5.69 Å². The van der Waals surface area contributed by atoms with Crippen LogP contribution in [-0.4, -0.2) is 11.6 Å². The van der Waals surface area contributed by atoms with E-state index >= 15 is 0 Å². The Kier molecular flexibility index (Phi) is 3.87. The van der Waals surface area contributed by atoms with Crippen LogP contribution in [0.2, 0.25) is 0 Å². The zero-order chi connectivity index (χ0) is 18.1. The standard InChI is InChI=1S/C20H12N3O3/c24-19-15-8-4-5-9-16(15)20(25)18-12-13(10-11-17(18)19)21-22-23(26)14-6-2-1-3-7-14/h1-12H/q-1. The second kappa shape index (κ2) is 6.34. The molecule has 0 heterocycles. The maximum Gasteiger partial charge on any atom is 0.194 e. The fraction of sp³-hybridized carbons (Fsp3) is 0. The van der Waals surface area contributed by atoms with Crippen LogP contribution in [0.25, 0.3) is 0 Å². The summed E-state index contributed by atoms with van der Waals surface area (Å²) in [4.78, 5) is 25.2. The van der Waals surface area contributed by atoms with Gasteiger partial charge in [0.1, 0.15) is 0 Å². The van der Waals surface area contributed by atoms with Crippen molar-refractivity contribution in [3.8, 4) is 0 Å². The molecular weight excluding hydrogens is 330 g/mol. The number of anilines is 1. The SMILES string of the molecule is O=C1c2ccccc2C(=O)c2cc(N=NN([O-])c3ccccc3)ccc21. The van der Waals surface area contributed by atoms with E-state index in [0.29, 0.717) is 33.2 Å². The molecule has 0 fully saturated rings. The summed E-state index contributed by atoms with van der Waals surface area (Å²) in [5.41, 5.74) is 2.02. The van der Waals surface area contributed by atoms with Crippen LogP contribution in [0.5, 0.6) is 0 Å². The van der Waals surface area contributed by atoms with Gasteiger partial charge in [-0.3, -0.25) is 9.59 Å². The van der Waals surface area contributed by atoms with Crippen LogP contribution in [0.3, 0.4) is 0 Å². The first-order chi connectivity index (χ1) is 12.6. The highest BCUT2D eigenvalue weighted by Gasteiger charge is 2.29. The summed E-state index contributed by atoms with van der Waals surface area (Å²) in [5, 5.41) is 19.8. The molecule has 0 bridgehead atoms. The van der Waals surface area contributed by atoms with E-state index in [0.717, 1.165) is 0 Å². The van der Waals surface area contributed by atoms with Gasteiger partial charge in [-0.2, -0.15) is 0 Å². The Bertz CT molecular complexity index is 1050. The van der Waals surface area contributed by atoms with Gasteiger partial charge in [0.15, 0.2) is 11.6 Å². The number of benzene rings is 3. The fourth-order valence-electron chi connectivity index (χ4n) is 2.85. The van der Waals surface area contributed by atoms with Gasteiger partial charge in [-0.25, -0.2) is 0 Å². The molecule has 6 nitrogen and oxygen atoms in total. The highest BCUT2D eigenvalue weighted by molar-refractivity contribution is 6.28. The molecule has 126 valence electrons. The Morgan fingerprint density at radius 2 is 1.27 bits per heavy atom. The summed E-state index contributed by atoms with van der Waals surface area (Å²) in [6.07, 6.45) is 0. The number of hydrogen-bond donors (Lipinski definition) is 0. The van der Waals surface area contributed by atoms with E-state index in [2.05, 4.69) is 10.3 Å². The lowest BCUT2D eigenvalue weighted by atomic mass is 9.84. The zero-order valence-corrected chi connectivity index (χ0v) is 13.5. The zero-order valence-electron chi connectivity index (χ0n) is 13.5. The summed E-state index contributed by atoms with van der Waals surface area (Å²) in [7, 11) is 0. The Balaban J connectivity index is 1.67. The minimum absolute atomic E-state index is 0.201. The number of fused-ring (bicyclic) bond motifs is 2. The van der Waals surface area contributed by atoms with Crippen molar-refractivity contribution in [2.24, 2.45) is 10.3 Å². The summed E-state index contributed by atoms with van der Waals surface area (Å²) in [5.74, 6) is -0.442. The molecule has 3 aromatic rings. The Morgan fingerprint density at radius 1 is 0.692 bits per heavy atom. The highest BCUT2D eigenvalue weighted by Crippen LogP contribution is 2.30. The number of hydrogen-bond acceptors (Lipinski definition) is 5. The average molecular weight is 342 g/mol. The average Bonchev–Trinajstić information content (AvgIpc) is 2.70. The minimum atomic E-state index is -0.241. The van der Waals surface area contributed by atoms with Crippen molar-refractivity contribution in [1.29, 1.82) is 0 Å². The Labute approximate surface area is 149 Å². The Morgan fingerprint density at radius 3 is 1.96 bits per heavy atom. The van der Waals surface area contributed by atoms with Crippen molar-refractivity contribution in [3.63, 3.8) is 0 Å². The molecule has 0 unspecified atom stereocenters. The van der Waals surface area contributed by atoms with E-state index in [1.807, 2.05) is 0 Å². The Hall–Kier alpha value is -3.64. The number of para-hydroxylation sites is 1. The third kappa shape index (κ3) is 2.68. The minimum Gasteiger partial charge on any atom is -0.736 e. The van der Waals surface area contributed by atoms with E-state index in [1.54, 1.807) is 60.7 Å². The lowest BCUT2D eigenvalue weighted by molar-refractivity contribution is 0.0979. The molecule has 1 aliphatic carbocycles. The van der Waals surface area contributed by atoms with Gasteiger partial charge >= 0.3 is 0 Å². The quantitative estimate of drug-likeness (QED) is 0.406. The molecule has 0 aliphatic heterocycles. The van der Waals surface area contributed by atoms with E-state index < -0.39 is 0 Å². The van der Waals surface area contributed by atoms with Crippen molar-refractivity contribution < 1.29 is 9.59 Å². The van der Waals surface area contributed by atoms with Crippen molar-refractivity contribution in [1.82, 2.24) is 0 Å². The van der Waals surface area contributed by atoms with E-state index in [-0.39, 0.29) is 17.1 Å². The van der Waals surface area contributed by atoms with Crippen molar-refractivity contribution >= 4 is 22.9 Å². The van der Waals surface area contributed by atoms with Crippen LogP contribution >= 0.6 is 0 Å². The lowest BCUT2D eigenvalue weighted by Gasteiger charge is -2.22. The second-order valence-corrected chi connectivity index (χ2v) is 5.73. The van der Waals surface area contributed by atoms with Gasteiger partial charge in [-0.05, 0) is 30.3 Å². The van der Waals surface area contributed by atoms with Crippen LogP contribution in [0, 0.1) is 5.21 Å². The molecule has 0 amide bonds. The third-order valence-corrected chi connectivity index (χ3v) is 4.13. The monoisotopic (exact) mass is 342 g/mol. The van der Waals surface area contributed by atoms with Crippen LogP contribution in [0.1, 0.15) is 31.8 Å². The summed E-state index contributed by atoms with van der Waals surface area (Å²) >= 11 is 0. The lowest BCUT2D eigenvalue weighted by Crippen LogP contribution is -2.20. The van der Waals surface area contributed by atoms with Crippen LogP contribution in [0.15, 0.2) is 83.1 Å². The molecule has 4 rings (SSSR count). The first-order valence-corrected chi connectivity index (χ1v) is 7.91. The molecular formula is C20H12N3O3-. The van der Waals surface area contributed by atoms with E-state index in [4.69, 9.17) is 0 Å². The molecule has 6 heteroatoms. The van der Waals surface area contributed by atoms with Gasteiger partial charge in [0.2, 0.25) is 0 Å². The maximum absolute atomic E-state index is 12.7. The van der Waals surface area contributed by atoms with Gasteiger partial charge in [-0.15, -0.1) is 5.11 Å². The molecule has 26 heavy (non-hydrogen) atoms. The largest absolute Gasteiger partial charge is 0.736 e. The molecule has 3 aromatic carbocycles.